The number of nitrogens with zero attached hydrogens (tertiary/aromatic N) is 1. The molecule has 1 aromatic rings. The van der Waals surface area contributed by atoms with Gasteiger partial charge in [-0.15, -0.1) is 0 Å². The van der Waals surface area contributed by atoms with Crippen LogP contribution in [0.25, 0.3) is 0 Å². The molecule has 1 aliphatic heterocycles. The number of anilines is 1. The number of aliphatic hydroxyl groups is 1. The standard InChI is InChI=1S/C20H31N3O2/c24-19(22-16-20(25)11-6-1-2-7-12-20)21-14-17-10-13-23(15-17)18-8-4-3-5-9-18/h3-5,8-9,17,25H,1-2,6-7,10-16H2,(H2,21,22,24). The fourth-order valence-corrected chi connectivity index (χ4v) is 3.98. The number of hydrogen-bond acceptors (Lipinski definition) is 3. The zero-order chi connectivity index (χ0) is 17.5. The Kier molecular flexibility index (Phi) is 6.19. The van der Waals surface area contributed by atoms with Gasteiger partial charge in [0.15, 0.2) is 0 Å². The number of hydrogen-bond donors (Lipinski definition) is 3. The SMILES string of the molecule is O=C(NCC1CCN(c2ccccc2)C1)NCC1(O)CCCCCC1. The Hall–Kier alpha value is -1.75. The Balaban J connectivity index is 1.36. The van der Waals surface area contributed by atoms with Gasteiger partial charge in [0.05, 0.1) is 5.60 Å². The van der Waals surface area contributed by atoms with E-state index < -0.39 is 5.60 Å². The van der Waals surface area contributed by atoms with Crippen molar-refractivity contribution in [2.75, 3.05) is 31.1 Å². The van der Waals surface area contributed by atoms with Gasteiger partial charge >= 0.3 is 6.03 Å². The molecule has 2 fully saturated rings. The second kappa shape index (κ2) is 8.56. The molecule has 2 amide bonds. The zero-order valence-electron chi connectivity index (χ0n) is 15.0. The summed E-state index contributed by atoms with van der Waals surface area (Å²) in [4.78, 5) is 14.4. The van der Waals surface area contributed by atoms with Gasteiger partial charge in [-0.1, -0.05) is 43.9 Å². The highest BCUT2D eigenvalue weighted by Gasteiger charge is 2.28. The molecule has 5 nitrogen and oxygen atoms in total. The van der Waals surface area contributed by atoms with E-state index in [0.717, 1.165) is 45.2 Å². The Labute approximate surface area is 150 Å². The van der Waals surface area contributed by atoms with Gasteiger partial charge in [0.2, 0.25) is 0 Å². The molecule has 1 atom stereocenters. The highest BCUT2D eigenvalue weighted by atomic mass is 16.3. The molecule has 1 aliphatic carbocycles. The predicted molar refractivity (Wildman–Crippen MR) is 101 cm³/mol. The molecule has 1 saturated carbocycles. The molecule has 0 radical (unpaired) electrons. The summed E-state index contributed by atoms with van der Waals surface area (Å²) in [6.45, 7) is 3.07. The maximum absolute atomic E-state index is 12.1. The normalized spacial score (nSPS) is 23.1. The average molecular weight is 345 g/mol. The molecule has 0 aromatic heterocycles. The number of carbonyl (C=O) groups excluding carboxylic acids is 1. The van der Waals surface area contributed by atoms with Gasteiger partial charge in [0.25, 0.3) is 0 Å². The van der Waals surface area contributed by atoms with E-state index in [1.807, 2.05) is 6.07 Å². The van der Waals surface area contributed by atoms with Crippen molar-refractivity contribution >= 4 is 11.7 Å². The minimum absolute atomic E-state index is 0.157. The molecule has 1 unspecified atom stereocenters. The Morgan fingerprint density at radius 3 is 2.56 bits per heavy atom. The largest absolute Gasteiger partial charge is 0.388 e. The molecular formula is C20H31N3O2. The van der Waals surface area contributed by atoms with Crippen molar-refractivity contribution in [3.63, 3.8) is 0 Å². The van der Waals surface area contributed by atoms with Crippen LogP contribution in [0.15, 0.2) is 30.3 Å². The molecule has 1 heterocycles. The van der Waals surface area contributed by atoms with E-state index in [2.05, 4.69) is 39.8 Å². The van der Waals surface area contributed by atoms with Crippen LogP contribution in [-0.4, -0.2) is 42.9 Å². The number of nitrogens with one attached hydrogen (secondary N) is 2. The van der Waals surface area contributed by atoms with Gasteiger partial charge in [-0.25, -0.2) is 4.79 Å². The van der Waals surface area contributed by atoms with Gasteiger partial charge in [-0.05, 0) is 37.3 Å². The monoisotopic (exact) mass is 345 g/mol. The second-order valence-corrected chi connectivity index (χ2v) is 7.64. The van der Waals surface area contributed by atoms with E-state index in [1.54, 1.807) is 0 Å². The van der Waals surface area contributed by atoms with Crippen molar-refractivity contribution in [3.8, 4) is 0 Å². The summed E-state index contributed by atoms with van der Waals surface area (Å²) in [6.07, 6.45) is 7.17. The summed E-state index contributed by atoms with van der Waals surface area (Å²) >= 11 is 0. The Morgan fingerprint density at radius 1 is 1.12 bits per heavy atom. The smallest absolute Gasteiger partial charge is 0.314 e. The van der Waals surface area contributed by atoms with E-state index in [1.165, 1.54) is 18.5 Å². The molecule has 2 aliphatic rings. The summed E-state index contributed by atoms with van der Waals surface area (Å²) in [5.41, 5.74) is 0.538. The van der Waals surface area contributed by atoms with Crippen LogP contribution in [0, 0.1) is 5.92 Å². The predicted octanol–water partition coefficient (Wildman–Crippen LogP) is 2.90. The van der Waals surface area contributed by atoms with Crippen molar-refractivity contribution < 1.29 is 9.90 Å². The van der Waals surface area contributed by atoms with Crippen molar-refractivity contribution in [2.24, 2.45) is 5.92 Å². The van der Waals surface area contributed by atoms with Crippen LogP contribution < -0.4 is 15.5 Å². The van der Waals surface area contributed by atoms with E-state index in [9.17, 15) is 9.90 Å². The zero-order valence-corrected chi connectivity index (χ0v) is 15.0. The fraction of sp³-hybridized carbons (Fsp3) is 0.650. The number of para-hydroxylation sites is 1. The summed E-state index contributed by atoms with van der Waals surface area (Å²) in [5.74, 6) is 0.479. The van der Waals surface area contributed by atoms with Crippen molar-refractivity contribution in [1.82, 2.24) is 10.6 Å². The lowest BCUT2D eigenvalue weighted by molar-refractivity contribution is 0.0276. The van der Waals surface area contributed by atoms with E-state index in [4.69, 9.17) is 0 Å². The van der Waals surface area contributed by atoms with Crippen LogP contribution >= 0.6 is 0 Å². The first kappa shape index (κ1) is 18.1. The lowest BCUT2D eigenvalue weighted by Gasteiger charge is -2.27. The summed E-state index contributed by atoms with van der Waals surface area (Å²) in [7, 11) is 0. The number of rotatable bonds is 5. The van der Waals surface area contributed by atoms with E-state index in [0.29, 0.717) is 19.0 Å². The molecule has 3 N–H and O–H groups in total. The fourth-order valence-electron chi connectivity index (χ4n) is 3.98. The van der Waals surface area contributed by atoms with Crippen LogP contribution in [-0.2, 0) is 0 Å². The maximum atomic E-state index is 12.1. The Bertz CT molecular complexity index is 541. The summed E-state index contributed by atoms with van der Waals surface area (Å²) < 4.78 is 0. The third-order valence-electron chi connectivity index (χ3n) is 5.57. The number of urea groups is 1. The molecule has 0 bridgehead atoms. The van der Waals surface area contributed by atoms with Crippen LogP contribution in [0.4, 0.5) is 10.5 Å². The van der Waals surface area contributed by atoms with Gasteiger partial charge in [0.1, 0.15) is 0 Å². The highest BCUT2D eigenvalue weighted by Crippen LogP contribution is 2.26. The Morgan fingerprint density at radius 2 is 1.84 bits per heavy atom. The lowest BCUT2D eigenvalue weighted by Crippen LogP contribution is -2.47. The van der Waals surface area contributed by atoms with E-state index in [-0.39, 0.29) is 6.03 Å². The number of benzene rings is 1. The third kappa shape index (κ3) is 5.36. The summed E-state index contributed by atoms with van der Waals surface area (Å²) in [6, 6.07) is 10.3. The number of carbonyl (C=O) groups is 1. The maximum Gasteiger partial charge on any atom is 0.314 e. The molecule has 138 valence electrons. The average Bonchev–Trinajstić information content (AvgIpc) is 3.01. The number of amides is 2. The molecule has 5 heteroatoms. The van der Waals surface area contributed by atoms with Crippen LogP contribution in [0.2, 0.25) is 0 Å². The third-order valence-corrected chi connectivity index (χ3v) is 5.57. The van der Waals surface area contributed by atoms with Crippen molar-refractivity contribution in [1.29, 1.82) is 0 Å². The highest BCUT2D eigenvalue weighted by molar-refractivity contribution is 5.73. The minimum Gasteiger partial charge on any atom is -0.388 e. The van der Waals surface area contributed by atoms with Gasteiger partial charge in [0, 0.05) is 31.9 Å². The van der Waals surface area contributed by atoms with Gasteiger partial charge < -0.3 is 20.6 Å². The van der Waals surface area contributed by atoms with Crippen LogP contribution in [0.1, 0.15) is 44.9 Å². The molecule has 25 heavy (non-hydrogen) atoms. The van der Waals surface area contributed by atoms with Gasteiger partial charge in [-0.2, -0.15) is 0 Å². The first-order valence-electron chi connectivity index (χ1n) is 9.69. The minimum atomic E-state index is -0.717. The quantitative estimate of drug-likeness (QED) is 0.719. The molecule has 1 aromatic carbocycles. The molecular weight excluding hydrogens is 314 g/mol. The molecule has 3 rings (SSSR count). The summed E-state index contributed by atoms with van der Waals surface area (Å²) in [5, 5.41) is 16.4. The second-order valence-electron chi connectivity index (χ2n) is 7.64. The first-order chi connectivity index (χ1) is 12.1. The molecule has 0 spiro atoms. The van der Waals surface area contributed by atoms with Crippen LogP contribution in [0.5, 0.6) is 0 Å². The lowest BCUT2D eigenvalue weighted by atomic mass is 9.95. The molecule has 1 saturated heterocycles. The van der Waals surface area contributed by atoms with Crippen molar-refractivity contribution in [2.45, 2.75) is 50.5 Å². The van der Waals surface area contributed by atoms with E-state index >= 15 is 0 Å². The van der Waals surface area contributed by atoms with Crippen molar-refractivity contribution in [3.05, 3.63) is 30.3 Å². The first-order valence-corrected chi connectivity index (χ1v) is 9.69. The van der Waals surface area contributed by atoms with Gasteiger partial charge in [-0.3, -0.25) is 0 Å². The topological polar surface area (TPSA) is 64.6 Å². The van der Waals surface area contributed by atoms with Crippen LogP contribution in [0.3, 0.4) is 0 Å².